The standard InChI is InChI=1S/C55H96O6/c1-4-7-10-13-16-19-22-25-27-30-33-36-39-42-45-48-54(57)60-51-52(50-59-53(56)47-44-41-38-35-32-29-24-21-18-15-12-9-6-3)61-55(58)49-46-43-40-37-34-31-28-26-23-20-17-14-11-8-5-2/h8,11,17,20-21,24-28,52H,4-7,9-10,12-16,18-19,22-23,29-51H2,1-3H3/b11-8-,20-17-,24-21-,27-25-,28-26-/t52-/m0/s1. The van der Waals surface area contributed by atoms with Crippen molar-refractivity contribution in [3.8, 4) is 0 Å². The third kappa shape index (κ3) is 48.0. The Morgan fingerprint density at radius 3 is 1.03 bits per heavy atom. The molecule has 0 radical (unpaired) electrons. The third-order valence-corrected chi connectivity index (χ3v) is 11.0. The third-order valence-electron chi connectivity index (χ3n) is 11.0. The highest BCUT2D eigenvalue weighted by Crippen LogP contribution is 2.14. The Bertz CT molecular complexity index is 1120. The summed E-state index contributed by atoms with van der Waals surface area (Å²) in [4.78, 5) is 38.0. The smallest absolute Gasteiger partial charge is 0.306 e. The van der Waals surface area contributed by atoms with Crippen molar-refractivity contribution in [3.05, 3.63) is 60.8 Å². The van der Waals surface area contributed by atoms with E-state index >= 15 is 0 Å². The first kappa shape index (κ1) is 58.1. The van der Waals surface area contributed by atoms with Gasteiger partial charge in [0.05, 0.1) is 0 Å². The molecule has 0 aliphatic carbocycles. The number of rotatable bonds is 46. The molecule has 0 unspecified atom stereocenters. The van der Waals surface area contributed by atoms with E-state index in [2.05, 4.69) is 81.5 Å². The Morgan fingerprint density at radius 1 is 0.344 bits per heavy atom. The van der Waals surface area contributed by atoms with Crippen molar-refractivity contribution in [2.75, 3.05) is 13.2 Å². The number of ether oxygens (including phenoxy) is 3. The number of allylic oxidation sites excluding steroid dienone is 10. The Hall–Kier alpha value is -2.89. The molecule has 0 rings (SSSR count). The van der Waals surface area contributed by atoms with Gasteiger partial charge in [0.1, 0.15) is 13.2 Å². The number of carbonyl (C=O) groups is 3. The van der Waals surface area contributed by atoms with Gasteiger partial charge < -0.3 is 14.2 Å². The fourth-order valence-corrected chi connectivity index (χ4v) is 7.09. The lowest BCUT2D eigenvalue weighted by molar-refractivity contribution is -0.167. The van der Waals surface area contributed by atoms with E-state index in [1.54, 1.807) is 0 Å². The van der Waals surface area contributed by atoms with Crippen LogP contribution in [0.15, 0.2) is 60.8 Å². The molecule has 6 heteroatoms. The highest BCUT2D eigenvalue weighted by molar-refractivity contribution is 5.71. The Balaban J connectivity index is 4.43. The predicted octanol–water partition coefficient (Wildman–Crippen LogP) is 16.9. The molecule has 0 aromatic carbocycles. The van der Waals surface area contributed by atoms with Crippen LogP contribution in [-0.2, 0) is 28.6 Å². The molecule has 0 aromatic heterocycles. The molecule has 0 aliphatic heterocycles. The van der Waals surface area contributed by atoms with Gasteiger partial charge in [0.25, 0.3) is 0 Å². The van der Waals surface area contributed by atoms with Crippen LogP contribution < -0.4 is 0 Å². The molecule has 0 heterocycles. The zero-order chi connectivity index (χ0) is 44.4. The zero-order valence-corrected chi connectivity index (χ0v) is 40.2. The van der Waals surface area contributed by atoms with E-state index in [0.717, 1.165) is 109 Å². The van der Waals surface area contributed by atoms with Gasteiger partial charge in [-0.15, -0.1) is 0 Å². The van der Waals surface area contributed by atoms with Gasteiger partial charge >= 0.3 is 17.9 Å². The molecule has 0 saturated carbocycles. The maximum absolute atomic E-state index is 12.8. The van der Waals surface area contributed by atoms with Crippen LogP contribution in [0.2, 0.25) is 0 Å². The van der Waals surface area contributed by atoms with E-state index in [-0.39, 0.29) is 31.1 Å². The molecule has 0 saturated heterocycles. The molecule has 0 aliphatic rings. The highest BCUT2D eigenvalue weighted by Gasteiger charge is 2.19. The van der Waals surface area contributed by atoms with E-state index in [0.29, 0.717) is 19.3 Å². The van der Waals surface area contributed by atoms with Crippen LogP contribution >= 0.6 is 0 Å². The Labute approximate surface area is 377 Å². The van der Waals surface area contributed by atoms with Crippen molar-refractivity contribution in [1.29, 1.82) is 0 Å². The van der Waals surface area contributed by atoms with Crippen molar-refractivity contribution in [2.24, 2.45) is 0 Å². The molecule has 0 aromatic rings. The minimum atomic E-state index is -0.788. The summed E-state index contributed by atoms with van der Waals surface area (Å²) in [7, 11) is 0. The first-order valence-electron chi connectivity index (χ1n) is 25.8. The fraction of sp³-hybridized carbons (Fsp3) is 0.764. The molecule has 6 nitrogen and oxygen atoms in total. The summed E-state index contributed by atoms with van der Waals surface area (Å²) in [5.41, 5.74) is 0. The molecule has 352 valence electrons. The number of hydrogen-bond donors (Lipinski definition) is 0. The van der Waals surface area contributed by atoms with Crippen LogP contribution in [0.3, 0.4) is 0 Å². The van der Waals surface area contributed by atoms with Crippen LogP contribution in [0.1, 0.15) is 252 Å². The summed E-state index contributed by atoms with van der Waals surface area (Å²) in [6.07, 6.45) is 60.5. The van der Waals surface area contributed by atoms with Crippen LogP contribution in [0.4, 0.5) is 0 Å². The lowest BCUT2D eigenvalue weighted by Gasteiger charge is -2.18. The summed E-state index contributed by atoms with van der Waals surface area (Å²) in [5.74, 6) is -0.918. The predicted molar refractivity (Wildman–Crippen MR) is 261 cm³/mol. The topological polar surface area (TPSA) is 78.9 Å². The summed E-state index contributed by atoms with van der Waals surface area (Å²) < 4.78 is 16.8. The molecule has 0 N–H and O–H groups in total. The SMILES string of the molecule is CC/C=C\C/C=C\C/C=C\CCCCCCCC(=O)O[C@@H](COC(=O)CCCCCCC/C=C\CCCCCC)COC(=O)CCCCCCC/C=C\CCCCCCCC. The van der Waals surface area contributed by atoms with Gasteiger partial charge in [0, 0.05) is 19.3 Å². The van der Waals surface area contributed by atoms with Crippen LogP contribution in [0.25, 0.3) is 0 Å². The zero-order valence-electron chi connectivity index (χ0n) is 40.2. The van der Waals surface area contributed by atoms with E-state index in [4.69, 9.17) is 14.2 Å². The summed E-state index contributed by atoms with van der Waals surface area (Å²) >= 11 is 0. The average Bonchev–Trinajstić information content (AvgIpc) is 3.26. The summed E-state index contributed by atoms with van der Waals surface area (Å²) in [6, 6.07) is 0. The van der Waals surface area contributed by atoms with E-state index in [1.807, 2.05) is 0 Å². The number of unbranched alkanes of at least 4 members (excludes halogenated alkanes) is 25. The van der Waals surface area contributed by atoms with Gasteiger partial charge in [-0.25, -0.2) is 0 Å². The normalized spacial score (nSPS) is 12.5. The average molecular weight is 853 g/mol. The van der Waals surface area contributed by atoms with Gasteiger partial charge in [-0.2, -0.15) is 0 Å². The second-order valence-corrected chi connectivity index (χ2v) is 17.0. The highest BCUT2D eigenvalue weighted by atomic mass is 16.6. The van der Waals surface area contributed by atoms with Crippen molar-refractivity contribution >= 4 is 17.9 Å². The van der Waals surface area contributed by atoms with Crippen molar-refractivity contribution in [3.63, 3.8) is 0 Å². The Morgan fingerprint density at radius 2 is 0.639 bits per heavy atom. The van der Waals surface area contributed by atoms with E-state index < -0.39 is 6.10 Å². The first-order valence-corrected chi connectivity index (χ1v) is 25.8. The number of esters is 3. The van der Waals surface area contributed by atoms with Gasteiger partial charge in [0.15, 0.2) is 6.10 Å². The van der Waals surface area contributed by atoms with Crippen molar-refractivity contribution in [2.45, 2.75) is 258 Å². The maximum Gasteiger partial charge on any atom is 0.306 e. The molecule has 0 fully saturated rings. The lowest BCUT2D eigenvalue weighted by Crippen LogP contribution is -2.30. The molecular weight excluding hydrogens is 757 g/mol. The van der Waals surface area contributed by atoms with E-state index in [9.17, 15) is 14.4 Å². The van der Waals surface area contributed by atoms with Crippen molar-refractivity contribution in [1.82, 2.24) is 0 Å². The van der Waals surface area contributed by atoms with Gasteiger partial charge in [-0.05, 0) is 103 Å². The minimum Gasteiger partial charge on any atom is -0.462 e. The minimum absolute atomic E-state index is 0.0880. The maximum atomic E-state index is 12.8. The monoisotopic (exact) mass is 853 g/mol. The molecule has 1 atom stereocenters. The van der Waals surface area contributed by atoms with Crippen LogP contribution in [0.5, 0.6) is 0 Å². The second kappa shape index (κ2) is 49.8. The summed E-state index contributed by atoms with van der Waals surface area (Å²) in [5, 5.41) is 0. The molecule has 0 bridgehead atoms. The van der Waals surface area contributed by atoms with Gasteiger partial charge in [-0.1, -0.05) is 191 Å². The van der Waals surface area contributed by atoms with Crippen LogP contribution in [0, 0.1) is 0 Å². The number of hydrogen-bond acceptors (Lipinski definition) is 6. The van der Waals surface area contributed by atoms with Crippen molar-refractivity contribution < 1.29 is 28.6 Å². The molecule has 0 amide bonds. The lowest BCUT2D eigenvalue weighted by atomic mass is 10.1. The Kier molecular flexibility index (Phi) is 47.4. The fourth-order valence-electron chi connectivity index (χ4n) is 7.09. The molecular formula is C55H96O6. The van der Waals surface area contributed by atoms with E-state index in [1.165, 1.54) is 103 Å². The van der Waals surface area contributed by atoms with Crippen LogP contribution in [-0.4, -0.2) is 37.2 Å². The van der Waals surface area contributed by atoms with Gasteiger partial charge in [0.2, 0.25) is 0 Å². The molecule has 0 spiro atoms. The quantitative estimate of drug-likeness (QED) is 0.0263. The van der Waals surface area contributed by atoms with Gasteiger partial charge in [-0.3, -0.25) is 14.4 Å². The number of carbonyl (C=O) groups excluding carboxylic acids is 3. The second-order valence-electron chi connectivity index (χ2n) is 17.0. The summed E-state index contributed by atoms with van der Waals surface area (Å²) in [6.45, 7) is 6.48. The largest absolute Gasteiger partial charge is 0.462 e. The first-order chi connectivity index (χ1) is 30.0. The molecule has 61 heavy (non-hydrogen) atoms.